The van der Waals surface area contributed by atoms with E-state index in [9.17, 15) is 13.2 Å². The normalized spacial score (nSPS) is 11.7. The summed E-state index contributed by atoms with van der Waals surface area (Å²) in [6.07, 6.45) is 0.447. The van der Waals surface area contributed by atoms with Gasteiger partial charge in [0.05, 0.1) is 15.9 Å². The van der Waals surface area contributed by atoms with E-state index in [1.54, 1.807) is 0 Å². The number of rotatable bonds is 6. The van der Waals surface area contributed by atoms with Crippen LogP contribution in [0.4, 0.5) is 0 Å². The second kappa shape index (κ2) is 7.50. The first-order valence-electron chi connectivity index (χ1n) is 8.58. The Labute approximate surface area is 158 Å². The second-order valence-electron chi connectivity index (χ2n) is 6.34. The Balaban J connectivity index is 1.67. The minimum absolute atomic E-state index is 0.117. The fraction of sp³-hybridized carbons (Fsp3) is 0.263. The highest BCUT2D eigenvalue weighted by atomic mass is 32.2. The van der Waals surface area contributed by atoms with Crippen molar-refractivity contribution in [3.8, 4) is 0 Å². The molecule has 0 saturated heterocycles. The number of hydrogen-bond donors (Lipinski definition) is 3. The van der Waals surface area contributed by atoms with E-state index in [2.05, 4.69) is 20.0 Å². The van der Waals surface area contributed by atoms with E-state index in [0.29, 0.717) is 12.0 Å². The lowest BCUT2D eigenvalue weighted by molar-refractivity contribution is 0.0963. The van der Waals surface area contributed by atoms with Crippen LogP contribution in [0.1, 0.15) is 27.3 Å². The van der Waals surface area contributed by atoms with Gasteiger partial charge in [-0.25, -0.2) is 18.1 Å². The average molecular weight is 386 g/mol. The maximum Gasteiger partial charge on any atom is 0.251 e. The van der Waals surface area contributed by atoms with Gasteiger partial charge in [0.25, 0.3) is 5.91 Å². The molecule has 0 aliphatic carbocycles. The van der Waals surface area contributed by atoms with E-state index in [4.69, 9.17) is 0 Å². The topological polar surface area (TPSA) is 104 Å². The first-order chi connectivity index (χ1) is 12.8. The molecule has 0 atom stereocenters. The highest BCUT2D eigenvalue weighted by Crippen LogP contribution is 2.19. The van der Waals surface area contributed by atoms with Crippen LogP contribution in [-0.2, 0) is 16.4 Å². The Bertz CT molecular complexity index is 1090. The lowest BCUT2D eigenvalue weighted by Crippen LogP contribution is -2.26. The standard InChI is InChI=1S/C19H22N4O3S/c1-12-4-9-16-18(13(12)2)23-17(22-16)10-11-21-27(25,26)15-7-5-14(6-8-15)19(24)20-3/h4-9,21H,10-11H2,1-3H3,(H,20,24)(H,22,23). The van der Waals surface area contributed by atoms with Crippen LogP contribution in [0.25, 0.3) is 11.0 Å². The van der Waals surface area contributed by atoms with E-state index >= 15 is 0 Å². The number of aryl methyl sites for hydroxylation is 2. The molecule has 0 spiro atoms. The van der Waals surface area contributed by atoms with Gasteiger partial charge in [-0.3, -0.25) is 4.79 Å². The molecule has 3 N–H and O–H groups in total. The van der Waals surface area contributed by atoms with Crippen LogP contribution in [0.3, 0.4) is 0 Å². The van der Waals surface area contributed by atoms with Crippen molar-refractivity contribution >= 4 is 27.0 Å². The molecule has 2 aromatic carbocycles. The Morgan fingerprint density at radius 2 is 1.81 bits per heavy atom. The zero-order chi connectivity index (χ0) is 19.6. The number of imidazole rings is 1. The van der Waals surface area contributed by atoms with E-state index in [1.807, 2.05) is 26.0 Å². The van der Waals surface area contributed by atoms with Crippen molar-refractivity contribution in [3.63, 3.8) is 0 Å². The molecule has 7 nitrogen and oxygen atoms in total. The van der Waals surface area contributed by atoms with Crippen molar-refractivity contribution in [2.24, 2.45) is 0 Å². The van der Waals surface area contributed by atoms with Crippen molar-refractivity contribution in [2.45, 2.75) is 25.2 Å². The number of amides is 1. The minimum Gasteiger partial charge on any atom is -0.355 e. The maximum atomic E-state index is 12.4. The van der Waals surface area contributed by atoms with Crippen molar-refractivity contribution < 1.29 is 13.2 Å². The van der Waals surface area contributed by atoms with Gasteiger partial charge in [-0.2, -0.15) is 0 Å². The molecule has 0 aliphatic rings. The number of nitrogens with zero attached hydrogens (tertiary/aromatic N) is 1. The van der Waals surface area contributed by atoms with Crippen molar-refractivity contribution in [1.29, 1.82) is 0 Å². The summed E-state index contributed by atoms with van der Waals surface area (Å²) in [6.45, 7) is 4.28. The molecule has 1 heterocycles. The first-order valence-corrected chi connectivity index (χ1v) is 10.1. The van der Waals surface area contributed by atoms with E-state index in [0.717, 1.165) is 22.4 Å². The van der Waals surface area contributed by atoms with Gasteiger partial charge in [0.1, 0.15) is 5.82 Å². The molecule has 142 valence electrons. The molecule has 0 bridgehead atoms. The first kappa shape index (κ1) is 19.1. The predicted molar refractivity (Wildman–Crippen MR) is 104 cm³/mol. The van der Waals surface area contributed by atoms with Crippen LogP contribution in [0.5, 0.6) is 0 Å². The predicted octanol–water partition coefficient (Wildman–Crippen LogP) is 2.06. The van der Waals surface area contributed by atoms with Gasteiger partial charge >= 0.3 is 0 Å². The van der Waals surface area contributed by atoms with Crippen molar-refractivity contribution in [3.05, 3.63) is 58.9 Å². The zero-order valence-corrected chi connectivity index (χ0v) is 16.3. The summed E-state index contributed by atoms with van der Waals surface area (Å²) >= 11 is 0. The number of aromatic amines is 1. The van der Waals surface area contributed by atoms with Crippen molar-refractivity contribution in [2.75, 3.05) is 13.6 Å². The third kappa shape index (κ3) is 4.01. The summed E-state index contributed by atoms with van der Waals surface area (Å²) in [7, 11) is -2.12. The van der Waals surface area contributed by atoms with E-state index in [1.165, 1.54) is 36.9 Å². The van der Waals surface area contributed by atoms with Gasteiger partial charge in [-0.15, -0.1) is 0 Å². The smallest absolute Gasteiger partial charge is 0.251 e. The number of carbonyl (C=O) groups excluding carboxylic acids is 1. The number of fused-ring (bicyclic) bond motifs is 1. The molecular weight excluding hydrogens is 364 g/mol. The SMILES string of the molecule is CNC(=O)c1ccc(S(=O)(=O)NCCc2nc3c(C)c(C)ccc3[nH]2)cc1. The molecule has 8 heteroatoms. The lowest BCUT2D eigenvalue weighted by atomic mass is 10.1. The zero-order valence-electron chi connectivity index (χ0n) is 15.5. The number of sulfonamides is 1. The largest absolute Gasteiger partial charge is 0.355 e. The second-order valence-corrected chi connectivity index (χ2v) is 8.11. The highest BCUT2D eigenvalue weighted by Gasteiger charge is 2.15. The molecule has 0 unspecified atom stereocenters. The van der Waals surface area contributed by atoms with Gasteiger partial charge in [0.15, 0.2) is 0 Å². The van der Waals surface area contributed by atoms with E-state index < -0.39 is 10.0 Å². The van der Waals surface area contributed by atoms with E-state index in [-0.39, 0.29) is 17.3 Å². The molecule has 0 radical (unpaired) electrons. The third-order valence-corrected chi connectivity index (χ3v) is 6.01. The molecule has 0 fully saturated rings. The number of aromatic nitrogens is 2. The number of benzene rings is 2. The van der Waals surface area contributed by atoms with Gasteiger partial charge in [-0.1, -0.05) is 6.07 Å². The van der Waals surface area contributed by atoms with Crippen LogP contribution < -0.4 is 10.0 Å². The Kier molecular flexibility index (Phi) is 5.29. The summed E-state index contributed by atoms with van der Waals surface area (Å²) in [6, 6.07) is 9.81. The average Bonchev–Trinajstić information content (AvgIpc) is 3.08. The van der Waals surface area contributed by atoms with Crippen molar-refractivity contribution in [1.82, 2.24) is 20.0 Å². The molecule has 3 aromatic rings. The van der Waals surface area contributed by atoms with Gasteiger partial charge in [-0.05, 0) is 55.3 Å². The molecule has 27 heavy (non-hydrogen) atoms. The monoisotopic (exact) mass is 386 g/mol. The molecule has 1 amide bonds. The Morgan fingerprint density at radius 3 is 2.48 bits per heavy atom. The summed E-state index contributed by atoms with van der Waals surface area (Å²) < 4.78 is 27.4. The number of carbonyl (C=O) groups is 1. The molecular formula is C19H22N4O3S. The molecule has 0 aliphatic heterocycles. The van der Waals surface area contributed by atoms with Gasteiger partial charge in [0.2, 0.25) is 10.0 Å². The summed E-state index contributed by atoms with van der Waals surface area (Å²) in [5.41, 5.74) is 4.55. The van der Waals surface area contributed by atoms with Gasteiger partial charge < -0.3 is 10.3 Å². The van der Waals surface area contributed by atoms with Crippen LogP contribution in [0.2, 0.25) is 0 Å². The maximum absolute atomic E-state index is 12.4. The van der Waals surface area contributed by atoms with Crippen LogP contribution >= 0.6 is 0 Å². The van der Waals surface area contributed by atoms with Crippen LogP contribution in [0, 0.1) is 13.8 Å². The lowest BCUT2D eigenvalue weighted by Gasteiger charge is -2.07. The number of nitrogens with one attached hydrogen (secondary N) is 3. The summed E-state index contributed by atoms with van der Waals surface area (Å²) in [5.74, 6) is 0.471. The Morgan fingerprint density at radius 1 is 1.11 bits per heavy atom. The molecule has 1 aromatic heterocycles. The number of hydrogen-bond acceptors (Lipinski definition) is 4. The fourth-order valence-corrected chi connectivity index (χ4v) is 3.83. The molecule has 3 rings (SSSR count). The minimum atomic E-state index is -3.65. The third-order valence-electron chi connectivity index (χ3n) is 4.54. The quantitative estimate of drug-likeness (QED) is 0.603. The summed E-state index contributed by atoms with van der Waals surface area (Å²) in [4.78, 5) is 19.4. The number of H-pyrrole nitrogens is 1. The van der Waals surface area contributed by atoms with Crippen LogP contribution in [-0.4, -0.2) is 37.9 Å². The van der Waals surface area contributed by atoms with Gasteiger partial charge in [0, 0.05) is 25.6 Å². The summed E-state index contributed by atoms with van der Waals surface area (Å²) in [5, 5.41) is 2.50. The molecule has 0 saturated carbocycles. The van der Waals surface area contributed by atoms with Crippen LogP contribution in [0.15, 0.2) is 41.3 Å². The fourth-order valence-electron chi connectivity index (χ4n) is 2.80. The highest BCUT2D eigenvalue weighted by molar-refractivity contribution is 7.89. The Hall–Kier alpha value is -2.71.